The van der Waals surface area contributed by atoms with Crippen molar-refractivity contribution in [1.29, 1.82) is 0 Å². The highest BCUT2D eigenvalue weighted by atomic mass is 79.9. The van der Waals surface area contributed by atoms with Crippen molar-refractivity contribution in [2.75, 3.05) is 26.3 Å². The van der Waals surface area contributed by atoms with Crippen molar-refractivity contribution < 1.29 is 17.9 Å². The van der Waals surface area contributed by atoms with Crippen LogP contribution in [0.3, 0.4) is 0 Å². The molecule has 0 spiro atoms. The zero-order valence-corrected chi connectivity index (χ0v) is 16.6. The van der Waals surface area contributed by atoms with Crippen LogP contribution in [0.2, 0.25) is 0 Å². The van der Waals surface area contributed by atoms with E-state index in [1.807, 2.05) is 18.2 Å². The Kier molecular flexibility index (Phi) is 4.94. The minimum absolute atomic E-state index is 0.242. The number of piperidine rings is 1. The number of benzene rings is 2. The van der Waals surface area contributed by atoms with Crippen LogP contribution in [0.15, 0.2) is 51.8 Å². The molecule has 1 saturated heterocycles. The second-order valence-corrected chi connectivity index (χ2v) is 9.31. The predicted molar refractivity (Wildman–Crippen MR) is 102 cm³/mol. The van der Waals surface area contributed by atoms with Crippen LogP contribution in [-0.2, 0) is 10.0 Å². The zero-order valence-electron chi connectivity index (χ0n) is 14.2. The molecule has 0 atom stereocenters. The van der Waals surface area contributed by atoms with E-state index < -0.39 is 10.0 Å². The summed E-state index contributed by atoms with van der Waals surface area (Å²) in [5.41, 5.74) is 1.28. The smallest absolute Gasteiger partial charge is 0.243 e. The first-order valence-electron chi connectivity index (χ1n) is 8.70. The summed E-state index contributed by atoms with van der Waals surface area (Å²) >= 11 is 3.40. The van der Waals surface area contributed by atoms with E-state index in [9.17, 15) is 8.42 Å². The number of rotatable bonds is 3. The van der Waals surface area contributed by atoms with E-state index in [0.29, 0.717) is 48.2 Å². The summed E-state index contributed by atoms with van der Waals surface area (Å²) in [4.78, 5) is 0.242. The van der Waals surface area contributed by atoms with Gasteiger partial charge in [-0.15, -0.1) is 0 Å². The molecule has 2 aliphatic heterocycles. The molecule has 0 unspecified atom stereocenters. The van der Waals surface area contributed by atoms with Crippen LogP contribution in [0.1, 0.15) is 24.3 Å². The minimum Gasteiger partial charge on any atom is -0.486 e. The fourth-order valence-corrected chi connectivity index (χ4v) is 5.76. The second kappa shape index (κ2) is 7.21. The molecule has 0 saturated carbocycles. The summed E-state index contributed by atoms with van der Waals surface area (Å²) < 4.78 is 39.4. The van der Waals surface area contributed by atoms with Crippen LogP contribution in [0, 0.1) is 0 Å². The van der Waals surface area contributed by atoms with Crippen molar-refractivity contribution in [3.8, 4) is 11.5 Å². The van der Waals surface area contributed by atoms with Crippen LogP contribution in [0.4, 0.5) is 0 Å². The second-order valence-electron chi connectivity index (χ2n) is 6.52. The molecule has 1 fully saturated rings. The number of hydrogen-bond acceptors (Lipinski definition) is 4. The lowest BCUT2D eigenvalue weighted by Gasteiger charge is -2.31. The highest BCUT2D eigenvalue weighted by molar-refractivity contribution is 9.10. The number of hydrogen-bond donors (Lipinski definition) is 0. The minimum atomic E-state index is -3.56. The van der Waals surface area contributed by atoms with E-state index in [4.69, 9.17) is 9.47 Å². The van der Waals surface area contributed by atoms with Crippen LogP contribution in [0.25, 0.3) is 0 Å². The maximum Gasteiger partial charge on any atom is 0.243 e. The third kappa shape index (κ3) is 3.35. The van der Waals surface area contributed by atoms with E-state index in [-0.39, 0.29) is 4.90 Å². The summed E-state index contributed by atoms with van der Waals surface area (Å²) in [6.07, 6.45) is 1.66. The molecular formula is C19H20BrNO4S. The lowest BCUT2D eigenvalue weighted by molar-refractivity contribution is 0.170. The van der Waals surface area contributed by atoms with Crippen LogP contribution in [0.5, 0.6) is 11.5 Å². The van der Waals surface area contributed by atoms with Gasteiger partial charge in [0.15, 0.2) is 11.5 Å². The molecule has 2 aromatic rings. The lowest BCUT2D eigenvalue weighted by Crippen LogP contribution is -2.38. The molecule has 0 aromatic heterocycles. The number of nitrogens with zero attached hydrogens (tertiary/aromatic N) is 1. The van der Waals surface area contributed by atoms with E-state index in [2.05, 4.69) is 28.1 Å². The Labute approximate surface area is 162 Å². The summed E-state index contributed by atoms with van der Waals surface area (Å²) in [6.45, 7) is 1.93. The highest BCUT2D eigenvalue weighted by Gasteiger charge is 2.31. The first kappa shape index (κ1) is 17.8. The number of fused-ring (bicyclic) bond motifs is 1. The molecule has 0 radical (unpaired) electrons. The monoisotopic (exact) mass is 437 g/mol. The quantitative estimate of drug-likeness (QED) is 0.732. The number of ether oxygens (including phenoxy) is 2. The Bertz CT molecular complexity index is 893. The molecule has 0 N–H and O–H groups in total. The maximum atomic E-state index is 13.1. The van der Waals surface area contributed by atoms with Crippen LogP contribution >= 0.6 is 15.9 Å². The third-order valence-corrected chi connectivity index (χ3v) is 7.40. The van der Waals surface area contributed by atoms with Crippen molar-refractivity contribution in [3.05, 3.63) is 52.5 Å². The van der Waals surface area contributed by atoms with Crippen LogP contribution < -0.4 is 9.47 Å². The van der Waals surface area contributed by atoms with Crippen molar-refractivity contribution in [2.24, 2.45) is 0 Å². The fraction of sp³-hybridized carbons (Fsp3) is 0.368. The van der Waals surface area contributed by atoms with Gasteiger partial charge >= 0.3 is 0 Å². The maximum absolute atomic E-state index is 13.1. The molecule has 2 heterocycles. The van der Waals surface area contributed by atoms with Crippen LogP contribution in [-0.4, -0.2) is 39.0 Å². The Morgan fingerprint density at radius 3 is 2.42 bits per heavy atom. The summed E-state index contributed by atoms with van der Waals surface area (Å²) in [5, 5.41) is 0. The van der Waals surface area contributed by atoms with E-state index in [1.54, 1.807) is 16.4 Å². The largest absolute Gasteiger partial charge is 0.486 e. The van der Waals surface area contributed by atoms with Gasteiger partial charge < -0.3 is 9.47 Å². The average Bonchev–Trinajstić information content (AvgIpc) is 2.69. The fourth-order valence-electron chi connectivity index (χ4n) is 3.54. The van der Waals surface area contributed by atoms with Gasteiger partial charge in [-0.3, -0.25) is 0 Å². The molecule has 0 aliphatic carbocycles. The zero-order chi connectivity index (χ0) is 18.1. The van der Waals surface area contributed by atoms with Crippen molar-refractivity contribution in [3.63, 3.8) is 0 Å². The Morgan fingerprint density at radius 2 is 1.69 bits per heavy atom. The van der Waals surface area contributed by atoms with Crippen molar-refractivity contribution >= 4 is 26.0 Å². The Balaban J connectivity index is 1.54. The molecule has 7 heteroatoms. The van der Waals surface area contributed by atoms with E-state index in [0.717, 1.165) is 12.8 Å². The van der Waals surface area contributed by atoms with Gasteiger partial charge in [0.2, 0.25) is 10.0 Å². The first-order chi connectivity index (χ1) is 12.6. The van der Waals surface area contributed by atoms with E-state index in [1.165, 1.54) is 5.56 Å². The normalized spacial score (nSPS) is 18.7. The predicted octanol–water partition coefficient (Wildman–Crippen LogP) is 3.79. The van der Waals surface area contributed by atoms with Gasteiger partial charge in [0.05, 0.1) is 9.37 Å². The lowest BCUT2D eigenvalue weighted by atomic mass is 9.90. The Morgan fingerprint density at radius 1 is 1.00 bits per heavy atom. The number of halogens is 1. The number of sulfonamides is 1. The first-order valence-corrected chi connectivity index (χ1v) is 10.9. The topological polar surface area (TPSA) is 55.8 Å². The van der Waals surface area contributed by atoms with Gasteiger partial charge in [-0.2, -0.15) is 4.31 Å². The van der Waals surface area contributed by atoms with Gasteiger partial charge in [-0.05, 0) is 46.3 Å². The molecule has 5 nitrogen and oxygen atoms in total. The summed E-state index contributed by atoms with van der Waals surface area (Å²) in [7, 11) is -3.56. The SMILES string of the molecule is O=S(=O)(c1cc(Br)c2c(c1)OCCO2)N1CCC(c2ccccc2)CC1. The van der Waals surface area contributed by atoms with Crippen molar-refractivity contribution in [1.82, 2.24) is 4.31 Å². The van der Waals surface area contributed by atoms with Gasteiger partial charge in [-0.25, -0.2) is 8.42 Å². The van der Waals surface area contributed by atoms with Gasteiger partial charge in [-0.1, -0.05) is 30.3 Å². The standard InChI is InChI=1S/C19H20BrNO4S/c20-17-12-16(13-18-19(17)25-11-10-24-18)26(22,23)21-8-6-15(7-9-21)14-4-2-1-3-5-14/h1-5,12-13,15H,6-11H2. The average molecular weight is 438 g/mol. The molecule has 4 rings (SSSR count). The molecule has 0 bridgehead atoms. The molecule has 0 amide bonds. The molecule has 2 aliphatic rings. The van der Waals surface area contributed by atoms with E-state index >= 15 is 0 Å². The van der Waals surface area contributed by atoms with Gasteiger partial charge in [0.25, 0.3) is 0 Å². The Hall–Kier alpha value is -1.57. The molecule has 2 aromatic carbocycles. The van der Waals surface area contributed by atoms with Crippen molar-refractivity contribution in [2.45, 2.75) is 23.7 Å². The van der Waals surface area contributed by atoms with Gasteiger partial charge in [0, 0.05) is 19.2 Å². The summed E-state index contributed by atoms with van der Waals surface area (Å²) in [6, 6.07) is 13.5. The molecule has 138 valence electrons. The summed E-state index contributed by atoms with van der Waals surface area (Å²) in [5.74, 6) is 1.45. The molecule has 26 heavy (non-hydrogen) atoms. The highest BCUT2D eigenvalue weighted by Crippen LogP contribution is 2.41. The van der Waals surface area contributed by atoms with Gasteiger partial charge in [0.1, 0.15) is 13.2 Å². The third-order valence-electron chi connectivity index (χ3n) is 4.93. The molecular weight excluding hydrogens is 418 g/mol.